The van der Waals surface area contributed by atoms with Gasteiger partial charge in [-0.1, -0.05) is 72.6 Å². The topological polar surface area (TPSA) is 76.5 Å². The third-order valence-electron chi connectivity index (χ3n) is 5.48. The molecule has 1 heterocycles. The van der Waals surface area contributed by atoms with Gasteiger partial charge in [0.1, 0.15) is 18.1 Å². The number of ether oxygens (including phenoxy) is 1. The lowest BCUT2D eigenvalue weighted by Gasteiger charge is -2.22. The number of nitrogens with one attached hydrogen (secondary N) is 1. The molecule has 190 valence electrons. The van der Waals surface area contributed by atoms with E-state index >= 15 is 0 Å². The van der Waals surface area contributed by atoms with Crippen molar-refractivity contribution in [1.82, 2.24) is 14.7 Å². The van der Waals surface area contributed by atoms with Crippen LogP contribution in [0.3, 0.4) is 0 Å². The van der Waals surface area contributed by atoms with Crippen LogP contribution in [0.4, 0.5) is 5.82 Å². The molecule has 1 N–H and O–H groups in total. The van der Waals surface area contributed by atoms with Gasteiger partial charge in [0.05, 0.1) is 16.4 Å². The fourth-order valence-electron chi connectivity index (χ4n) is 3.71. The molecule has 0 saturated heterocycles. The van der Waals surface area contributed by atoms with Crippen LogP contribution in [-0.2, 0) is 9.59 Å². The Kier molecular flexibility index (Phi) is 8.82. The van der Waals surface area contributed by atoms with E-state index in [9.17, 15) is 9.59 Å². The largest absolute Gasteiger partial charge is 0.484 e. The molecule has 0 aliphatic carbocycles. The van der Waals surface area contributed by atoms with Gasteiger partial charge in [-0.05, 0) is 42.8 Å². The van der Waals surface area contributed by atoms with Crippen LogP contribution in [0.1, 0.15) is 13.3 Å². The maximum atomic E-state index is 13.1. The maximum absolute atomic E-state index is 13.1. The number of aromatic nitrogens is 2. The number of anilines is 1. The number of rotatable bonds is 10. The van der Waals surface area contributed by atoms with Crippen molar-refractivity contribution in [2.75, 3.05) is 25.0 Å². The Labute approximate surface area is 225 Å². The van der Waals surface area contributed by atoms with Gasteiger partial charge in [-0.2, -0.15) is 5.10 Å². The lowest BCUT2D eigenvalue weighted by atomic mass is 10.1. The summed E-state index contributed by atoms with van der Waals surface area (Å²) in [7, 11) is 0. The molecular weight excluding hydrogens is 511 g/mol. The van der Waals surface area contributed by atoms with Crippen molar-refractivity contribution in [3.63, 3.8) is 0 Å². The fraction of sp³-hybridized carbons (Fsp3) is 0.179. The molecule has 0 unspecified atom stereocenters. The molecule has 0 atom stereocenters. The predicted octanol–water partition coefficient (Wildman–Crippen LogP) is 6.10. The Hall–Kier alpha value is -3.81. The van der Waals surface area contributed by atoms with Crippen molar-refractivity contribution < 1.29 is 14.3 Å². The minimum Gasteiger partial charge on any atom is -0.484 e. The number of carbonyl (C=O) groups excluding carboxylic acids is 2. The monoisotopic (exact) mass is 536 g/mol. The highest BCUT2D eigenvalue weighted by atomic mass is 35.5. The van der Waals surface area contributed by atoms with E-state index in [0.717, 1.165) is 5.56 Å². The van der Waals surface area contributed by atoms with Gasteiger partial charge in [0.2, 0.25) is 5.91 Å². The summed E-state index contributed by atoms with van der Waals surface area (Å²) in [5.74, 6) is 0.312. The number of carbonyl (C=O) groups is 2. The van der Waals surface area contributed by atoms with E-state index in [0.29, 0.717) is 46.0 Å². The molecule has 7 nitrogen and oxygen atoms in total. The van der Waals surface area contributed by atoms with Gasteiger partial charge in [0, 0.05) is 23.2 Å². The first-order valence-electron chi connectivity index (χ1n) is 11.8. The minimum atomic E-state index is -0.360. The highest BCUT2D eigenvalue weighted by molar-refractivity contribution is 6.32. The van der Waals surface area contributed by atoms with E-state index in [1.165, 1.54) is 4.90 Å². The van der Waals surface area contributed by atoms with Gasteiger partial charge in [-0.25, -0.2) is 4.68 Å². The molecule has 3 aromatic carbocycles. The average molecular weight is 537 g/mol. The van der Waals surface area contributed by atoms with E-state index in [2.05, 4.69) is 5.32 Å². The Bertz CT molecular complexity index is 1360. The Morgan fingerprint density at radius 1 is 0.973 bits per heavy atom. The van der Waals surface area contributed by atoms with Crippen molar-refractivity contribution >= 4 is 40.8 Å². The van der Waals surface area contributed by atoms with Crippen LogP contribution in [0.25, 0.3) is 16.9 Å². The molecule has 0 saturated carbocycles. The van der Waals surface area contributed by atoms with Crippen molar-refractivity contribution in [1.29, 1.82) is 0 Å². The lowest BCUT2D eigenvalue weighted by Crippen LogP contribution is -2.41. The highest BCUT2D eigenvalue weighted by Gasteiger charge is 2.20. The van der Waals surface area contributed by atoms with Crippen molar-refractivity contribution in [2.45, 2.75) is 13.3 Å². The molecule has 4 rings (SSSR count). The summed E-state index contributed by atoms with van der Waals surface area (Å²) >= 11 is 12.3. The second kappa shape index (κ2) is 12.4. The summed E-state index contributed by atoms with van der Waals surface area (Å²) in [5, 5.41) is 8.66. The van der Waals surface area contributed by atoms with Crippen LogP contribution < -0.4 is 10.1 Å². The molecule has 0 bridgehead atoms. The number of benzene rings is 3. The second-order valence-corrected chi connectivity index (χ2v) is 9.09. The average Bonchev–Trinajstić information content (AvgIpc) is 3.32. The van der Waals surface area contributed by atoms with E-state index in [1.807, 2.05) is 55.5 Å². The molecule has 0 spiro atoms. The van der Waals surface area contributed by atoms with E-state index in [-0.39, 0.29) is 25.0 Å². The SMILES string of the molecule is CCCN(CC(=O)Nc1cc(-c2ccccc2)nn1-c1ccccc1Cl)C(=O)COc1ccc(Cl)cc1. The fourth-order valence-corrected chi connectivity index (χ4v) is 4.05. The van der Waals surface area contributed by atoms with Gasteiger partial charge < -0.3 is 15.0 Å². The minimum absolute atomic E-state index is 0.134. The Morgan fingerprint density at radius 2 is 1.68 bits per heavy atom. The number of para-hydroxylation sites is 1. The molecule has 0 aliphatic heterocycles. The summed E-state index contributed by atoms with van der Waals surface area (Å²) in [6.45, 7) is 2.03. The van der Waals surface area contributed by atoms with Crippen molar-refractivity contribution in [2.24, 2.45) is 0 Å². The quantitative estimate of drug-likeness (QED) is 0.265. The van der Waals surface area contributed by atoms with Gasteiger partial charge >= 0.3 is 0 Å². The van der Waals surface area contributed by atoms with Crippen LogP contribution in [0.5, 0.6) is 5.75 Å². The molecule has 0 radical (unpaired) electrons. The first-order valence-corrected chi connectivity index (χ1v) is 12.6. The van der Waals surface area contributed by atoms with Crippen LogP contribution in [0.15, 0.2) is 84.9 Å². The first kappa shape index (κ1) is 26.3. The first-order chi connectivity index (χ1) is 17.9. The zero-order valence-electron chi connectivity index (χ0n) is 20.2. The predicted molar refractivity (Wildman–Crippen MR) is 146 cm³/mol. The van der Waals surface area contributed by atoms with Gasteiger partial charge in [0.15, 0.2) is 6.61 Å². The summed E-state index contributed by atoms with van der Waals surface area (Å²) < 4.78 is 7.18. The highest BCUT2D eigenvalue weighted by Crippen LogP contribution is 2.28. The molecule has 0 aliphatic rings. The number of amides is 2. The molecule has 37 heavy (non-hydrogen) atoms. The van der Waals surface area contributed by atoms with Crippen molar-refractivity contribution in [3.8, 4) is 22.7 Å². The molecule has 0 fully saturated rings. The smallest absolute Gasteiger partial charge is 0.260 e. The summed E-state index contributed by atoms with van der Waals surface area (Å²) in [6, 6.07) is 25.4. The summed E-state index contributed by atoms with van der Waals surface area (Å²) in [4.78, 5) is 27.4. The van der Waals surface area contributed by atoms with Crippen LogP contribution >= 0.6 is 23.2 Å². The van der Waals surface area contributed by atoms with Gasteiger partial charge in [0.25, 0.3) is 5.91 Å². The zero-order valence-corrected chi connectivity index (χ0v) is 21.7. The standard InChI is InChI=1S/C28H26Cl2N4O3/c1-2-16-33(28(36)19-37-22-14-12-21(29)13-15-22)18-27(35)31-26-17-24(20-8-4-3-5-9-20)32-34(26)25-11-7-6-10-23(25)30/h3-15,17H,2,16,18-19H2,1H3,(H,31,35). The third-order valence-corrected chi connectivity index (χ3v) is 6.06. The molecular formula is C28H26Cl2N4O3. The normalized spacial score (nSPS) is 10.7. The molecule has 1 aromatic heterocycles. The second-order valence-electron chi connectivity index (χ2n) is 8.25. The summed E-state index contributed by atoms with van der Waals surface area (Å²) in [5.41, 5.74) is 2.19. The number of nitrogens with zero attached hydrogens (tertiary/aromatic N) is 3. The zero-order chi connectivity index (χ0) is 26.2. The van der Waals surface area contributed by atoms with Crippen LogP contribution in [0, 0.1) is 0 Å². The number of hydrogen-bond acceptors (Lipinski definition) is 4. The van der Waals surface area contributed by atoms with Gasteiger partial charge in [-0.15, -0.1) is 0 Å². The Morgan fingerprint density at radius 3 is 2.38 bits per heavy atom. The molecule has 2 amide bonds. The molecule has 4 aromatic rings. The van der Waals surface area contributed by atoms with Crippen LogP contribution in [0.2, 0.25) is 10.0 Å². The molecule has 9 heteroatoms. The van der Waals surface area contributed by atoms with Gasteiger partial charge in [-0.3, -0.25) is 9.59 Å². The lowest BCUT2D eigenvalue weighted by molar-refractivity contribution is -0.136. The van der Waals surface area contributed by atoms with E-state index < -0.39 is 0 Å². The maximum Gasteiger partial charge on any atom is 0.260 e. The van der Waals surface area contributed by atoms with Crippen LogP contribution in [-0.4, -0.2) is 46.2 Å². The third kappa shape index (κ3) is 6.90. The van der Waals surface area contributed by atoms with Crippen molar-refractivity contribution in [3.05, 3.63) is 95.0 Å². The number of hydrogen-bond donors (Lipinski definition) is 1. The number of halogens is 2. The summed E-state index contributed by atoms with van der Waals surface area (Å²) in [6.07, 6.45) is 0.690. The van der Waals surface area contributed by atoms with E-state index in [4.69, 9.17) is 33.0 Å². The van der Waals surface area contributed by atoms with E-state index in [1.54, 1.807) is 41.1 Å². The Balaban J connectivity index is 1.51.